The maximum atomic E-state index is 13.7. The second kappa shape index (κ2) is 7.15. The number of hydrogen-bond donors (Lipinski definition) is 1. The third kappa shape index (κ3) is 4.47. The Hall–Kier alpha value is -0.530. The standard InChI is InChI=1S/C14H18BrF2NO2S/c15-12-8-11(16)9-13(17)14(12)21(19,20)18-7-6-10-4-2-1-3-5-10/h8-10,18H,1-7H2. The summed E-state index contributed by atoms with van der Waals surface area (Å²) in [7, 11) is -3.98. The van der Waals surface area contributed by atoms with Crippen molar-refractivity contribution in [1.29, 1.82) is 0 Å². The molecule has 21 heavy (non-hydrogen) atoms. The summed E-state index contributed by atoms with van der Waals surface area (Å²) in [6, 6.07) is 1.51. The zero-order chi connectivity index (χ0) is 15.5. The number of benzene rings is 1. The first-order chi connectivity index (χ1) is 9.90. The van der Waals surface area contributed by atoms with Crippen LogP contribution in [0.2, 0.25) is 0 Å². The number of halogens is 3. The number of rotatable bonds is 5. The van der Waals surface area contributed by atoms with E-state index < -0.39 is 26.6 Å². The zero-order valence-corrected chi connectivity index (χ0v) is 13.9. The molecule has 0 aromatic heterocycles. The van der Waals surface area contributed by atoms with Gasteiger partial charge in [-0.15, -0.1) is 0 Å². The fraction of sp³-hybridized carbons (Fsp3) is 0.571. The molecule has 118 valence electrons. The van der Waals surface area contributed by atoms with Crippen LogP contribution in [0.25, 0.3) is 0 Å². The average Bonchev–Trinajstić information content (AvgIpc) is 2.38. The van der Waals surface area contributed by atoms with Crippen molar-refractivity contribution in [2.75, 3.05) is 6.54 Å². The van der Waals surface area contributed by atoms with E-state index in [0.717, 1.165) is 25.3 Å². The third-order valence-electron chi connectivity index (χ3n) is 3.80. The van der Waals surface area contributed by atoms with Crippen LogP contribution < -0.4 is 4.72 Å². The van der Waals surface area contributed by atoms with Gasteiger partial charge in [-0.25, -0.2) is 21.9 Å². The monoisotopic (exact) mass is 381 g/mol. The molecule has 1 aromatic carbocycles. The summed E-state index contributed by atoms with van der Waals surface area (Å²) in [5.74, 6) is -1.38. The van der Waals surface area contributed by atoms with Gasteiger partial charge in [0.15, 0.2) is 0 Å². The molecule has 1 N–H and O–H groups in total. The highest BCUT2D eigenvalue weighted by Crippen LogP contribution is 2.28. The third-order valence-corrected chi connectivity index (χ3v) is 6.23. The normalized spacial score (nSPS) is 17.1. The average molecular weight is 382 g/mol. The highest BCUT2D eigenvalue weighted by atomic mass is 79.9. The van der Waals surface area contributed by atoms with Gasteiger partial charge in [0, 0.05) is 17.1 Å². The molecule has 1 saturated carbocycles. The first kappa shape index (κ1) is 16.8. The van der Waals surface area contributed by atoms with Crippen molar-refractivity contribution in [3.05, 3.63) is 28.2 Å². The smallest absolute Gasteiger partial charge is 0.211 e. The molecule has 0 bridgehead atoms. The maximum Gasteiger partial charge on any atom is 0.244 e. The van der Waals surface area contributed by atoms with Gasteiger partial charge in [0.25, 0.3) is 0 Å². The predicted molar refractivity (Wildman–Crippen MR) is 80.4 cm³/mol. The van der Waals surface area contributed by atoms with Crippen molar-refractivity contribution in [3.8, 4) is 0 Å². The highest BCUT2D eigenvalue weighted by Gasteiger charge is 2.24. The molecule has 0 spiro atoms. The van der Waals surface area contributed by atoms with Crippen molar-refractivity contribution in [3.63, 3.8) is 0 Å². The Balaban J connectivity index is 2.01. The Labute approximate surface area is 132 Å². The van der Waals surface area contributed by atoms with Crippen LogP contribution in [0.3, 0.4) is 0 Å². The molecular weight excluding hydrogens is 364 g/mol. The van der Waals surface area contributed by atoms with Crippen molar-refractivity contribution >= 4 is 26.0 Å². The van der Waals surface area contributed by atoms with E-state index in [0.29, 0.717) is 12.0 Å². The Morgan fingerprint density at radius 2 is 1.86 bits per heavy atom. The first-order valence-corrected chi connectivity index (χ1v) is 9.32. The van der Waals surface area contributed by atoms with E-state index in [9.17, 15) is 17.2 Å². The molecule has 7 heteroatoms. The van der Waals surface area contributed by atoms with Gasteiger partial charge in [0.05, 0.1) is 0 Å². The van der Waals surface area contributed by atoms with E-state index >= 15 is 0 Å². The molecule has 3 nitrogen and oxygen atoms in total. The summed E-state index contributed by atoms with van der Waals surface area (Å²) in [5.41, 5.74) is 0. The minimum absolute atomic E-state index is 0.106. The van der Waals surface area contributed by atoms with E-state index in [4.69, 9.17) is 0 Å². The molecule has 0 atom stereocenters. The number of nitrogens with one attached hydrogen (secondary N) is 1. The summed E-state index contributed by atoms with van der Waals surface area (Å²) in [6.45, 7) is 0.274. The summed E-state index contributed by atoms with van der Waals surface area (Å²) in [5, 5.41) is 0. The molecule has 0 aliphatic heterocycles. The lowest BCUT2D eigenvalue weighted by atomic mass is 9.87. The lowest BCUT2D eigenvalue weighted by Gasteiger charge is -2.21. The van der Waals surface area contributed by atoms with Gasteiger partial charge in [-0.2, -0.15) is 0 Å². The van der Waals surface area contributed by atoms with Crippen molar-refractivity contribution < 1.29 is 17.2 Å². The molecule has 1 aliphatic carbocycles. The summed E-state index contributed by atoms with van der Waals surface area (Å²) in [6.07, 6.45) is 6.62. The largest absolute Gasteiger partial charge is 0.244 e. The molecule has 1 fully saturated rings. The minimum atomic E-state index is -3.98. The molecular formula is C14H18BrF2NO2S. The van der Waals surface area contributed by atoms with Gasteiger partial charge in [0.2, 0.25) is 10.0 Å². The predicted octanol–water partition coefficient (Wildman–Crippen LogP) is 3.98. The van der Waals surface area contributed by atoms with E-state index in [1.165, 1.54) is 19.3 Å². The molecule has 0 heterocycles. The van der Waals surface area contributed by atoms with Crippen LogP contribution in [-0.4, -0.2) is 15.0 Å². The Kier molecular flexibility index (Phi) is 5.73. The van der Waals surface area contributed by atoms with Crippen LogP contribution in [0.4, 0.5) is 8.78 Å². The van der Waals surface area contributed by atoms with Gasteiger partial charge in [-0.05, 0) is 34.3 Å². The SMILES string of the molecule is O=S(=O)(NCCC1CCCCC1)c1c(F)cc(F)cc1Br. The molecule has 0 saturated heterocycles. The van der Waals surface area contributed by atoms with E-state index in [2.05, 4.69) is 20.7 Å². The van der Waals surface area contributed by atoms with Crippen molar-refractivity contribution in [1.82, 2.24) is 4.72 Å². The van der Waals surface area contributed by atoms with Crippen LogP contribution in [0.5, 0.6) is 0 Å². The summed E-state index contributed by atoms with van der Waals surface area (Å²) >= 11 is 2.90. The van der Waals surface area contributed by atoms with E-state index in [1.54, 1.807) is 0 Å². The van der Waals surface area contributed by atoms with E-state index in [-0.39, 0.29) is 11.0 Å². The molecule has 0 amide bonds. The molecule has 2 rings (SSSR count). The highest BCUT2D eigenvalue weighted by molar-refractivity contribution is 9.10. The second-order valence-electron chi connectivity index (χ2n) is 5.39. The van der Waals surface area contributed by atoms with Gasteiger partial charge in [0.1, 0.15) is 16.5 Å². The lowest BCUT2D eigenvalue weighted by Crippen LogP contribution is -2.27. The van der Waals surface area contributed by atoms with Crippen molar-refractivity contribution in [2.24, 2.45) is 5.92 Å². The number of sulfonamides is 1. The van der Waals surface area contributed by atoms with Crippen LogP contribution >= 0.6 is 15.9 Å². The number of hydrogen-bond acceptors (Lipinski definition) is 2. The molecule has 1 aliphatic rings. The molecule has 1 aromatic rings. The minimum Gasteiger partial charge on any atom is -0.211 e. The summed E-state index contributed by atoms with van der Waals surface area (Å²) in [4.78, 5) is -0.535. The molecule has 0 unspecified atom stereocenters. The fourth-order valence-electron chi connectivity index (χ4n) is 2.73. The van der Waals surface area contributed by atoms with E-state index in [1.807, 2.05) is 0 Å². The second-order valence-corrected chi connectivity index (χ2v) is 7.95. The fourth-order valence-corrected chi connectivity index (χ4v) is 4.94. The van der Waals surface area contributed by atoms with Crippen LogP contribution in [0.15, 0.2) is 21.5 Å². The van der Waals surface area contributed by atoms with Crippen LogP contribution in [-0.2, 0) is 10.0 Å². The Morgan fingerprint density at radius 1 is 1.19 bits per heavy atom. The van der Waals surface area contributed by atoms with Crippen LogP contribution in [0.1, 0.15) is 38.5 Å². The van der Waals surface area contributed by atoms with Crippen LogP contribution in [0, 0.1) is 17.6 Å². The van der Waals surface area contributed by atoms with Gasteiger partial charge in [-0.3, -0.25) is 0 Å². The van der Waals surface area contributed by atoms with Gasteiger partial charge >= 0.3 is 0 Å². The Morgan fingerprint density at radius 3 is 2.48 bits per heavy atom. The summed E-state index contributed by atoms with van der Waals surface area (Å²) < 4.78 is 53.2. The Bertz CT molecular complexity index is 578. The molecule has 0 radical (unpaired) electrons. The quantitative estimate of drug-likeness (QED) is 0.838. The maximum absolute atomic E-state index is 13.7. The lowest BCUT2D eigenvalue weighted by molar-refractivity contribution is 0.339. The topological polar surface area (TPSA) is 46.2 Å². The van der Waals surface area contributed by atoms with Gasteiger partial charge in [-0.1, -0.05) is 32.1 Å². The van der Waals surface area contributed by atoms with Crippen molar-refractivity contribution in [2.45, 2.75) is 43.4 Å². The van der Waals surface area contributed by atoms with Gasteiger partial charge < -0.3 is 0 Å². The zero-order valence-electron chi connectivity index (χ0n) is 11.5. The first-order valence-electron chi connectivity index (χ1n) is 7.04.